The summed E-state index contributed by atoms with van der Waals surface area (Å²) in [7, 11) is 0. The zero-order valence-corrected chi connectivity index (χ0v) is 22.9. The van der Waals surface area contributed by atoms with Crippen LogP contribution in [0, 0.1) is 18.3 Å². The molecule has 1 atom stereocenters. The molecule has 0 saturated heterocycles. The standard InChI is InChI=1S/C32H28ClN3O4/c1-3-38-27-16-23(11-14-26(27)39-19-22-9-12-24(33)13-10-22)29-25(17-34)31(35)40-28-15-20(2)36(32(37)30(28)29)18-21-7-5-4-6-8-21/h4-16,29H,3,18-19,35H2,1-2H3/t29-/m0/s1. The van der Waals surface area contributed by atoms with Crippen LogP contribution in [0.3, 0.4) is 0 Å². The summed E-state index contributed by atoms with van der Waals surface area (Å²) in [5.41, 5.74) is 9.80. The average molecular weight is 554 g/mol. The molecule has 0 unspecified atom stereocenters. The number of hydrogen-bond acceptors (Lipinski definition) is 6. The van der Waals surface area contributed by atoms with Crippen LogP contribution in [0.25, 0.3) is 0 Å². The lowest BCUT2D eigenvalue weighted by Gasteiger charge is -2.28. The maximum atomic E-state index is 14.0. The first-order valence-corrected chi connectivity index (χ1v) is 13.3. The van der Waals surface area contributed by atoms with Crippen molar-refractivity contribution in [3.63, 3.8) is 0 Å². The number of aryl methyl sites for hydroxylation is 1. The molecule has 0 radical (unpaired) electrons. The first-order valence-electron chi connectivity index (χ1n) is 12.9. The molecule has 1 aliphatic heterocycles. The molecular formula is C32H28ClN3O4. The zero-order valence-electron chi connectivity index (χ0n) is 22.2. The predicted octanol–water partition coefficient (Wildman–Crippen LogP) is 6.05. The average Bonchev–Trinajstić information content (AvgIpc) is 2.95. The number of hydrogen-bond donors (Lipinski definition) is 1. The van der Waals surface area contributed by atoms with Crippen molar-refractivity contribution in [2.45, 2.75) is 32.9 Å². The Morgan fingerprint density at radius 1 is 1.00 bits per heavy atom. The van der Waals surface area contributed by atoms with E-state index in [-0.39, 0.29) is 17.0 Å². The van der Waals surface area contributed by atoms with Crippen molar-refractivity contribution in [2.24, 2.45) is 5.73 Å². The number of nitrogens with two attached hydrogens (primary N) is 1. The van der Waals surface area contributed by atoms with E-state index in [0.29, 0.717) is 53.2 Å². The zero-order chi connectivity index (χ0) is 28.2. The molecule has 0 amide bonds. The summed E-state index contributed by atoms with van der Waals surface area (Å²) in [6, 6.07) is 26.5. The Morgan fingerprint density at radius 3 is 2.45 bits per heavy atom. The highest BCUT2D eigenvalue weighted by Crippen LogP contribution is 2.43. The molecule has 7 nitrogen and oxygen atoms in total. The van der Waals surface area contributed by atoms with Gasteiger partial charge < -0.3 is 24.5 Å². The largest absolute Gasteiger partial charge is 0.490 e. The van der Waals surface area contributed by atoms with Crippen molar-refractivity contribution < 1.29 is 14.2 Å². The number of aromatic nitrogens is 1. The van der Waals surface area contributed by atoms with Gasteiger partial charge in [-0.05, 0) is 54.8 Å². The van der Waals surface area contributed by atoms with E-state index in [2.05, 4.69) is 6.07 Å². The molecule has 4 aromatic rings. The lowest BCUT2D eigenvalue weighted by atomic mass is 9.83. The highest BCUT2D eigenvalue weighted by atomic mass is 35.5. The molecule has 3 aromatic carbocycles. The van der Waals surface area contributed by atoms with E-state index in [0.717, 1.165) is 16.8 Å². The molecule has 5 rings (SSSR count). The van der Waals surface area contributed by atoms with Gasteiger partial charge >= 0.3 is 0 Å². The molecule has 202 valence electrons. The lowest BCUT2D eigenvalue weighted by Crippen LogP contribution is -2.33. The number of allylic oxidation sites excluding steroid dienone is 1. The summed E-state index contributed by atoms with van der Waals surface area (Å²) >= 11 is 6.00. The first kappa shape index (κ1) is 26.9. The summed E-state index contributed by atoms with van der Waals surface area (Å²) in [6.45, 7) is 4.83. The van der Waals surface area contributed by atoms with Crippen LogP contribution in [0.1, 0.15) is 40.8 Å². The monoisotopic (exact) mass is 553 g/mol. The number of rotatable bonds is 8. The predicted molar refractivity (Wildman–Crippen MR) is 154 cm³/mol. The van der Waals surface area contributed by atoms with Gasteiger partial charge in [0, 0.05) is 16.8 Å². The third kappa shape index (κ3) is 5.40. The van der Waals surface area contributed by atoms with Crippen molar-refractivity contribution in [2.75, 3.05) is 6.61 Å². The molecular weight excluding hydrogens is 526 g/mol. The highest BCUT2D eigenvalue weighted by Gasteiger charge is 2.35. The van der Waals surface area contributed by atoms with Gasteiger partial charge in [-0.2, -0.15) is 5.26 Å². The number of nitriles is 1. The fourth-order valence-electron chi connectivity index (χ4n) is 4.82. The topological polar surface area (TPSA) is 99.5 Å². The fourth-order valence-corrected chi connectivity index (χ4v) is 4.94. The van der Waals surface area contributed by atoms with Crippen LogP contribution in [0.15, 0.2) is 95.1 Å². The smallest absolute Gasteiger partial charge is 0.259 e. The Balaban J connectivity index is 1.57. The Hall–Kier alpha value is -4.67. The van der Waals surface area contributed by atoms with Crippen LogP contribution in [-0.4, -0.2) is 11.2 Å². The van der Waals surface area contributed by atoms with Gasteiger partial charge in [0.2, 0.25) is 5.88 Å². The lowest BCUT2D eigenvalue weighted by molar-refractivity contribution is 0.269. The van der Waals surface area contributed by atoms with Gasteiger partial charge in [-0.1, -0.05) is 60.1 Å². The maximum absolute atomic E-state index is 14.0. The first-order chi connectivity index (χ1) is 19.4. The molecule has 1 aromatic heterocycles. The number of pyridine rings is 1. The van der Waals surface area contributed by atoms with Crippen molar-refractivity contribution >= 4 is 11.6 Å². The summed E-state index contributed by atoms with van der Waals surface area (Å²) in [6.07, 6.45) is 0. The summed E-state index contributed by atoms with van der Waals surface area (Å²) in [5.74, 6) is 0.603. The fraction of sp³-hybridized carbons (Fsp3) is 0.188. The van der Waals surface area contributed by atoms with Crippen molar-refractivity contribution in [3.8, 4) is 23.3 Å². The van der Waals surface area contributed by atoms with E-state index >= 15 is 0 Å². The molecule has 0 spiro atoms. The maximum Gasteiger partial charge on any atom is 0.259 e. The van der Waals surface area contributed by atoms with Crippen LogP contribution in [0.5, 0.6) is 17.2 Å². The van der Waals surface area contributed by atoms with Gasteiger partial charge in [-0.15, -0.1) is 0 Å². The van der Waals surface area contributed by atoms with Crippen LogP contribution in [-0.2, 0) is 13.2 Å². The minimum Gasteiger partial charge on any atom is -0.490 e. The van der Waals surface area contributed by atoms with E-state index in [1.54, 1.807) is 22.8 Å². The van der Waals surface area contributed by atoms with Gasteiger partial charge in [-0.3, -0.25) is 4.79 Å². The normalized spacial score (nSPS) is 14.2. The van der Waals surface area contributed by atoms with Gasteiger partial charge in [0.05, 0.1) is 24.6 Å². The van der Waals surface area contributed by atoms with E-state index in [1.165, 1.54) is 0 Å². The minimum absolute atomic E-state index is 0.0272. The van der Waals surface area contributed by atoms with Crippen molar-refractivity contribution in [1.82, 2.24) is 4.57 Å². The number of nitrogens with zero attached hydrogens (tertiary/aromatic N) is 2. The van der Waals surface area contributed by atoms with E-state index < -0.39 is 5.92 Å². The third-order valence-electron chi connectivity index (χ3n) is 6.78. The molecule has 2 N–H and O–H groups in total. The second kappa shape index (κ2) is 11.6. The summed E-state index contributed by atoms with van der Waals surface area (Å²) in [4.78, 5) is 14.0. The third-order valence-corrected chi connectivity index (χ3v) is 7.03. The van der Waals surface area contributed by atoms with Crippen molar-refractivity contribution in [3.05, 3.63) is 134 Å². The number of halogens is 1. The SMILES string of the molecule is CCOc1cc([C@H]2C(C#N)=C(N)Oc3cc(C)n(Cc4ccccc4)c(=O)c32)ccc1OCc1ccc(Cl)cc1. The van der Waals surface area contributed by atoms with E-state index in [4.69, 9.17) is 31.5 Å². The number of ether oxygens (including phenoxy) is 3. The van der Waals surface area contributed by atoms with Crippen LogP contribution in [0.4, 0.5) is 0 Å². The summed E-state index contributed by atoms with van der Waals surface area (Å²) in [5, 5.41) is 10.7. The molecule has 1 aliphatic rings. The quantitative estimate of drug-likeness (QED) is 0.285. The molecule has 40 heavy (non-hydrogen) atoms. The van der Waals surface area contributed by atoms with Gasteiger partial charge in [-0.25, -0.2) is 0 Å². The van der Waals surface area contributed by atoms with Crippen LogP contribution >= 0.6 is 11.6 Å². The second-order valence-electron chi connectivity index (χ2n) is 9.42. The van der Waals surface area contributed by atoms with Gasteiger partial charge in [0.1, 0.15) is 24.0 Å². The van der Waals surface area contributed by atoms with Crippen molar-refractivity contribution in [1.29, 1.82) is 5.26 Å². The Labute approximate surface area is 237 Å². The number of benzene rings is 3. The molecule has 8 heteroatoms. The van der Waals surface area contributed by atoms with Crippen LogP contribution < -0.4 is 25.5 Å². The molecule has 0 saturated carbocycles. The molecule has 2 heterocycles. The van der Waals surface area contributed by atoms with E-state index in [9.17, 15) is 10.1 Å². The van der Waals surface area contributed by atoms with Gasteiger partial charge in [0.15, 0.2) is 11.5 Å². The number of fused-ring (bicyclic) bond motifs is 1. The molecule has 0 aliphatic carbocycles. The van der Waals surface area contributed by atoms with Gasteiger partial charge in [0.25, 0.3) is 5.56 Å². The van der Waals surface area contributed by atoms with E-state index in [1.807, 2.05) is 74.5 Å². The Morgan fingerprint density at radius 2 is 1.75 bits per heavy atom. The minimum atomic E-state index is -0.742. The van der Waals surface area contributed by atoms with Crippen LogP contribution in [0.2, 0.25) is 5.02 Å². The summed E-state index contributed by atoms with van der Waals surface area (Å²) < 4.78 is 19.5. The second-order valence-corrected chi connectivity index (χ2v) is 9.86. The molecule has 0 fully saturated rings. The Bertz CT molecular complexity index is 1670. The Kier molecular flexibility index (Phi) is 7.81. The molecule has 0 bridgehead atoms. The highest BCUT2D eigenvalue weighted by molar-refractivity contribution is 6.30.